The second-order valence-corrected chi connectivity index (χ2v) is 6.03. The zero-order chi connectivity index (χ0) is 14.0. The van der Waals surface area contributed by atoms with E-state index in [0.29, 0.717) is 11.5 Å². The second-order valence-electron chi connectivity index (χ2n) is 6.03. The van der Waals surface area contributed by atoms with Gasteiger partial charge in [0.1, 0.15) is 5.82 Å². The molecule has 2 fully saturated rings. The molecule has 2 heterocycles. The van der Waals surface area contributed by atoms with E-state index >= 15 is 0 Å². The van der Waals surface area contributed by atoms with Gasteiger partial charge < -0.3 is 4.74 Å². The fraction of sp³-hybridized carbons (Fsp3) is 0.667. The van der Waals surface area contributed by atoms with Gasteiger partial charge in [-0.1, -0.05) is 12.8 Å². The summed E-state index contributed by atoms with van der Waals surface area (Å²) in [6.45, 7) is 0.746. The van der Waals surface area contributed by atoms with E-state index in [-0.39, 0.29) is 17.5 Å². The minimum absolute atomic E-state index is 0.0154. The molecule has 5 heteroatoms. The number of hydrogen-bond acceptors (Lipinski definition) is 4. The van der Waals surface area contributed by atoms with Crippen LogP contribution in [0.15, 0.2) is 18.5 Å². The van der Waals surface area contributed by atoms with E-state index in [0.717, 1.165) is 32.3 Å². The molecule has 1 spiro atoms. The van der Waals surface area contributed by atoms with Crippen LogP contribution in [0.5, 0.6) is 0 Å². The standard InChI is InChI=1S/C15H22FN3O/c16-13-10-18-7-3-12(13)14(19-17)11-4-8-20-15(9-11)5-1-2-6-15/h3,7,10-11,14,19H,1-2,4-6,8-9,17H2. The maximum absolute atomic E-state index is 14.0. The van der Waals surface area contributed by atoms with Crippen LogP contribution in [0.3, 0.4) is 0 Å². The summed E-state index contributed by atoms with van der Waals surface area (Å²) in [6, 6.07) is 1.55. The Bertz CT molecular complexity index is 462. The summed E-state index contributed by atoms with van der Waals surface area (Å²) in [5.74, 6) is 5.73. The van der Waals surface area contributed by atoms with Gasteiger partial charge in [-0.15, -0.1) is 0 Å². The van der Waals surface area contributed by atoms with Crippen molar-refractivity contribution in [1.82, 2.24) is 10.4 Å². The van der Waals surface area contributed by atoms with Gasteiger partial charge in [0.2, 0.25) is 0 Å². The van der Waals surface area contributed by atoms with Crippen LogP contribution < -0.4 is 11.3 Å². The molecule has 2 atom stereocenters. The molecule has 2 aliphatic rings. The molecule has 0 aromatic carbocycles. The molecule has 110 valence electrons. The second kappa shape index (κ2) is 5.76. The number of nitrogens with one attached hydrogen (secondary N) is 1. The Morgan fingerprint density at radius 3 is 2.95 bits per heavy atom. The van der Waals surface area contributed by atoms with Gasteiger partial charge in [-0.3, -0.25) is 16.3 Å². The van der Waals surface area contributed by atoms with E-state index in [1.807, 2.05) is 0 Å². The molecule has 3 rings (SSSR count). The minimum atomic E-state index is -0.289. The Balaban J connectivity index is 1.81. The number of nitrogens with zero attached hydrogens (tertiary/aromatic N) is 1. The van der Waals surface area contributed by atoms with E-state index in [4.69, 9.17) is 10.6 Å². The third kappa shape index (κ3) is 2.57. The Hall–Kier alpha value is -1.04. The van der Waals surface area contributed by atoms with Crippen LogP contribution in [0.1, 0.15) is 50.1 Å². The average Bonchev–Trinajstić information content (AvgIpc) is 2.90. The highest BCUT2D eigenvalue weighted by atomic mass is 19.1. The summed E-state index contributed by atoms with van der Waals surface area (Å²) in [6.07, 6.45) is 9.47. The molecule has 1 saturated carbocycles. The molecule has 4 nitrogen and oxygen atoms in total. The molecule has 1 saturated heterocycles. The monoisotopic (exact) mass is 279 g/mol. The first kappa shape index (κ1) is 13.9. The van der Waals surface area contributed by atoms with Crippen molar-refractivity contribution in [1.29, 1.82) is 0 Å². The van der Waals surface area contributed by atoms with Crippen LogP contribution >= 0.6 is 0 Å². The lowest BCUT2D eigenvalue weighted by Gasteiger charge is -2.41. The zero-order valence-electron chi connectivity index (χ0n) is 11.6. The van der Waals surface area contributed by atoms with Crippen molar-refractivity contribution in [2.75, 3.05) is 6.61 Å². The van der Waals surface area contributed by atoms with E-state index in [1.165, 1.54) is 19.0 Å². The summed E-state index contributed by atoms with van der Waals surface area (Å²) in [5.41, 5.74) is 3.44. The van der Waals surface area contributed by atoms with Crippen LogP contribution in [-0.4, -0.2) is 17.2 Å². The van der Waals surface area contributed by atoms with Crippen molar-refractivity contribution in [3.05, 3.63) is 29.8 Å². The molecule has 1 aromatic heterocycles. The maximum Gasteiger partial charge on any atom is 0.146 e. The SMILES string of the molecule is NNC(c1ccncc1F)C1CCOC2(CCCC2)C1. The normalized spacial score (nSPS) is 26.8. The van der Waals surface area contributed by atoms with Gasteiger partial charge in [0, 0.05) is 18.4 Å². The van der Waals surface area contributed by atoms with Gasteiger partial charge in [-0.25, -0.2) is 4.39 Å². The molecular weight excluding hydrogens is 257 g/mol. The number of aromatic nitrogens is 1. The minimum Gasteiger partial charge on any atom is -0.375 e. The molecule has 20 heavy (non-hydrogen) atoms. The Labute approximate surface area is 118 Å². The maximum atomic E-state index is 14.0. The highest BCUT2D eigenvalue weighted by molar-refractivity contribution is 5.19. The number of hydrazine groups is 1. The van der Waals surface area contributed by atoms with Gasteiger partial charge in [0.15, 0.2) is 0 Å². The Morgan fingerprint density at radius 2 is 2.25 bits per heavy atom. The fourth-order valence-electron chi connectivity index (χ4n) is 3.84. The molecule has 3 N–H and O–H groups in total. The summed E-state index contributed by atoms with van der Waals surface area (Å²) >= 11 is 0. The zero-order valence-corrected chi connectivity index (χ0v) is 11.6. The molecule has 0 radical (unpaired) electrons. The highest BCUT2D eigenvalue weighted by Gasteiger charge is 2.42. The third-order valence-electron chi connectivity index (χ3n) is 4.84. The fourth-order valence-corrected chi connectivity index (χ4v) is 3.84. The Morgan fingerprint density at radius 1 is 1.45 bits per heavy atom. The Kier molecular flexibility index (Phi) is 4.01. The van der Waals surface area contributed by atoms with Crippen molar-refractivity contribution in [3.63, 3.8) is 0 Å². The van der Waals surface area contributed by atoms with Crippen molar-refractivity contribution >= 4 is 0 Å². The molecule has 1 aromatic rings. The van der Waals surface area contributed by atoms with Crippen LogP contribution in [0.2, 0.25) is 0 Å². The third-order valence-corrected chi connectivity index (χ3v) is 4.84. The van der Waals surface area contributed by atoms with Crippen molar-refractivity contribution in [2.24, 2.45) is 11.8 Å². The number of ether oxygens (including phenoxy) is 1. The number of hydrogen-bond donors (Lipinski definition) is 2. The molecule has 0 bridgehead atoms. The van der Waals surface area contributed by atoms with Gasteiger partial charge in [0.25, 0.3) is 0 Å². The van der Waals surface area contributed by atoms with Crippen molar-refractivity contribution in [2.45, 2.75) is 50.2 Å². The number of halogens is 1. The summed E-state index contributed by atoms with van der Waals surface area (Å²) < 4.78 is 20.0. The molecular formula is C15H22FN3O. The summed E-state index contributed by atoms with van der Waals surface area (Å²) in [4.78, 5) is 3.81. The first-order valence-electron chi connectivity index (χ1n) is 7.44. The topological polar surface area (TPSA) is 60.2 Å². The highest BCUT2D eigenvalue weighted by Crippen LogP contribution is 2.45. The molecule has 1 aliphatic carbocycles. The lowest BCUT2D eigenvalue weighted by Crippen LogP contribution is -2.43. The van der Waals surface area contributed by atoms with Crippen LogP contribution in [0, 0.1) is 11.7 Å². The van der Waals surface area contributed by atoms with Gasteiger partial charge in [-0.05, 0) is 37.7 Å². The van der Waals surface area contributed by atoms with Gasteiger partial charge in [0.05, 0.1) is 17.8 Å². The van der Waals surface area contributed by atoms with E-state index in [2.05, 4.69) is 10.4 Å². The molecule has 1 aliphatic heterocycles. The summed E-state index contributed by atoms with van der Waals surface area (Å²) in [7, 11) is 0. The number of rotatable bonds is 3. The van der Waals surface area contributed by atoms with E-state index in [1.54, 1.807) is 12.3 Å². The lowest BCUT2D eigenvalue weighted by molar-refractivity contribution is -0.0983. The van der Waals surface area contributed by atoms with Crippen LogP contribution in [0.25, 0.3) is 0 Å². The summed E-state index contributed by atoms with van der Waals surface area (Å²) in [5, 5.41) is 0. The number of pyridine rings is 1. The quantitative estimate of drug-likeness (QED) is 0.659. The van der Waals surface area contributed by atoms with E-state index < -0.39 is 0 Å². The smallest absolute Gasteiger partial charge is 0.146 e. The van der Waals surface area contributed by atoms with Crippen LogP contribution in [-0.2, 0) is 4.74 Å². The van der Waals surface area contributed by atoms with Crippen molar-refractivity contribution < 1.29 is 9.13 Å². The predicted molar refractivity (Wildman–Crippen MR) is 74.1 cm³/mol. The lowest BCUT2D eigenvalue weighted by atomic mass is 9.79. The van der Waals surface area contributed by atoms with E-state index in [9.17, 15) is 4.39 Å². The largest absolute Gasteiger partial charge is 0.375 e. The van der Waals surface area contributed by atoms with Crippen molar-refractivity contribution in [3.8, 4) is 0 Å². The van der Waals surface area contributed by atoms with Crippen LogP contribution in [0.4, 0.5) is 4.39 Å². The number of nitrogens with two attached hydrogens (primary N) is 1. The predicted octanol–water partition coefficient (Wildman–Crippen LogP) is 2.46. The van der Waals surface area contributed by atoms with Gasteiger partial charge in [-0.2, -0.15) is 0 Å². The van der Waals surface area contributed by atoms with Gasteiger partial charge >= 0.3 is 0 Å². The first-order chi connectivity index (χ1) is 9.74. The average molecular weight is 279 g/mol. The molecule has 0 amide bonds. The molecule has 2 unspecified atom stereocenters. The first-order valence-corrected chi connectivity index (χ1v) is 7.44.